The van der Waals surface area contributed by atoms with Gasteiger partial charge in [-0.3, -0.25) is 9.59 Å². The van der Waals surface area contributed by atoms with E-state index >= 15 is 0 Å². The quantitative estimate of drug-likeness (QED) is 0.748. The average molecular weight is 390 g/mol. The Morgan fingerprint density at radius 3 is 2.36 bits per heavy atom. The molecule has 2 N–H and O–H groups in total. The minimum Gasteiger partial charge on any atom is -0.497 e. The first kappa shape index (κ1) is 20.5. The van der Waals surface area contributed by atoms with Crippen LogP contribution < -0.4 is 20.1 Å². The third kappa shape index (κ3) is 5.16. The van der Waals surface area contributed by atoms with Crippen LogP contribution in [0.25, 0.3) is 0 Å². The van der Waals surface area contributed by atoms with Crippen LogP contribution in [0.3, 0.4) is 0 Å². The van der Waals surface area contributed by atoms with Gasteiger partial charge in [-0.25, -0.2) is 0 Å². The lowest BCUT2D eigenvalue weighted by molar-refractivity contribution is -0.128. The van der Waals surface area contributed by atoms with E-state index in [4.69, 9.17) is 14.2 Å². The summed E-state index contributed by atoms with van der Waals surface area (Å²) in [6.45, 7) is 1.38. The van der Waals surface area contributed by atoms with Crippen LogP contribution in [0.1, 0.15) is 38.5 Å². The highest BCUT2D eigenvalue weighted by Crippen LogP contribution is 2.33. The summed E-state index contributed by atoms with van der Waals surface area (Å²) in [7, 11) is 3.15. The topological polar surface area (TPSA) is 85.9 Å². The predicted octanol–water partition coefficient (Wildman–Crippen LogP) is 2.74. The fraction of sp³-hybridized carbons (Fsp3) is 0.619. The van der Waals surface area contributed by atoms with Crippen LogP contribution in [0.4, 0.5) is 5.69 Å². The molecule has 7 heteroatoms. The molecule has 1 heterocycles. The summed E-state index contributed by atoms with van der Waals surface area (Å²) < 4.78 is 16.1. The maximum atomic E-state index is 12.7. The van der Waals surface area contributed by atoms with E-state index in [0.29, 0.717) is 36.6 Å². The van der Waals surface area contributed by atoms with Gasteiger partial charge in [-0.05, 0) is 50.7 Å². The van der Waals surface area contributed by atoms with Gasteiger partial charge in [0.2, 0.25) is 11.8 Å². The number of ether oxygens (including phenoxy) is 3. The van der Waals surface area contributed by atoms with E-state index in [1.807, 2.05) is 0 Å². The molecule has 1 unspecified atom stereocenters. The smallest absolute Gasteiger partial charge is 0.227 e. The van der Waals surface area contributed by atoms with Gasteiger partial charge in [0.1, 0.15) is 11.5 Å². The molecule has 0 spiro atoms. The summed E-state index contributed by atoms with van der Waals surface area (Å²) in [5, 5.41) is 5.96. The summed E-state index contributed by atoms with van der Waals surface area (Å²) in [5.74, 6) is 1.18. The standard InChI is InChI=1S/C21H30N2O5/c1-26-16-9-10-19(27-2)18(12-16)23-21(25)15-7-5-14(6-8-15)20(24)22-13-17-4-3-11-28-17/h9-10,12,14-15,17H,3-8,11,13H2,1-2H3,(H,22,24)(H,23,25). The Morgan fingerprint density at radius 1 is 1.04 bits per heavy atom. The maximum Gasteiger partial charge on any atom is 0.227 e. The molecule has 2 fully saturated rings. The van der Waals surface area contributed by atoms with E-state index in [9.17, 15) is 9.59 Å². The molecule has 0 radical (unpaired) electrons. The van der Waals surface area contributed by atoms with Crippen molar-refractivity contribution in [2.75, 3.05) is 32.7 Å². The molecule has 1 aromatic rings. The van der Waals surface area contributed by atoms with Gasteiger partial charge >= 0.3 is 0 Å². The predicted molar refractivity (Wildman–Crippen MR) is 106 cm³/mol. The van der Waals surface area contributed by atoms with Crippen LogP contribution in [0.15, 0.2) is 18.2 Å². The number of anilines is 1. The fourth-order valence-corrected chi connectivity index (χ4v) is 3.93. The summed E-state index contributed by atoms with van der Waals surface area (Å²) >= 11 is 0. The van der Waals surface area contributed by atoms with Crippen molar-refractivity contribution >= 4 is 17.5 Å². The molecule has 2 amide bonds. The zero-order valence-electron chi connectivity index (χ0n) is 16.7. The van der Waals surface area contributed by atoms with Gasteiger partial charge in [0.15, 0.2) is 0 Å². The Labute approximate surface area is 166 Å². The molecule has 0 aromatic heterocycles. The Morgan fingerprint density at radius 2 is 1.75 bits per heavy atom. The van der Waals surface area contributed by atoms with Gasteiger partial charge < -0.3 is 24.8 Å². The van der Waals surface area contributed by atoms with E-state index in [1.165, 1.54) is 0 Å². The van der Waals surface area contributed by atoms with Crippen molar-refractivity contribution in [2.24, 2.45) is 11.8 Å². The van der Waals surface area contributed by atoms with Crippen LogP contribution in [0.2, 0.25) is 0 Å². The van der Waals surface area contributed by atoms with Crippen molar-refractivity contribution < 1.29 is 23.8 Å². The third-order valence-electron chi connectivity index (χ3n) is 5.66. The Balaban J connectivity index is 1.47. The Bertz CT molecular complexity index is 679. The molecule has 28 heavy (non-hydrogen) atoms. The zero-order valence-corrected chi connectivity index (χ0v) is 16.7. The number of amides is 2. The number of rotatable bonds is 7. The average Bonchev–Trinajstić information content (AvgIpc) is 3.25. The van der Waals surface area contributed by atoms with Crippen molar-refractivity contribution in [3.63, 3.8) is 0 Å². The molecule has 1 saturated carbocycles. The van der Waals surface area contributed by atoms with Gasteiger partial charge in [0.25, 0.3) is 0 Å². The van der Waals surface area contributed by atoms with Gasteiger partial charge in [0, 0.05) is 31.1 Å². The lowest BCUT2D eigenvalue weighted by Gasteiger charge is -2.27. The summed E-state index contributed by atoms with van der Waals surface area (Å²) in [6, 6.07) is 5.31. The molecule has 154 valence electrons. The summed E-state index contributed by atoms with van der Waals surface area (Å²) in [5.41, 5.74) is 0.600. The van der Waals surface area contributed by atoms with Crippen molar-refractivity contribution in [1.29, 1.82) is 0 Å². The minimum absolute atomic E-state index is 0.0168. The van der Waals surface area contributed by atoms with E-state index in [0.717, 1.165) is 32.3 Å². The SMILES string of the molecule is COc1ccc(OC)c(NC(=O)C2CCC(C(=O)NCC3CCCO3)CC2)c1. The van der Waals surface area contributed by atoms with Crippen LogP contribution >= 0.6 is 0 Å². The molecule has 1 atom stereocenters. The van der Waals surface area contributed by atoms with Crippen molar-refractivity contribution in [1.82, 2.24) is 5.32 Å². The molecule has 7 nitrogen and oxygen atoms in total. The number of methoxy groups -OCH3 is 2. The molecule has 1 aliphatic heterocycles. The molecule has 3 rings (SSSR count). The highest BCUT2D eigenvalue weighted by molar-refractivity contribution is 5.94. The minimum atomic E-state index is -0.0990. The molecular formula is C21H30N2O5. The van der Waals surface area contributed by atoms with Gasteiger partial charge in [-0.15, -0.1) is 0 Å². The maximum absolute atomic E-state index is 12.7. The monoisotopic (exact) mass is 390 g/mol. The normalized spacial score (nSPS) is 24.4. The highest BCUT2D eigenvalue weighted by Gasteiger charge is 2.30. The Hall–Kier alpha value is -2.28. The van der Waals surface area contributed by atoms with E-state index in [1.54, 1.807) is 32.4 Å². The molecule has 1 aliphatic carbocycles. The second-order valence-electron chi connectivity index (χ2n) is 7.48. The molecule has 2 aliphatic rings. The first-order valence-electron chi connectivity index (χ1n) is 10.0. The molecular weight excluding hydrogens is 360 g/mol. The first-order valence-corrected chi connectivity index (χ1v) is 10.0. The van der Waals surface area contributed by atoms with Crippen molar-refractivity contribution in [3.8, 4) is 11.5 Å². The lowest BCUT2D eigenvalue weighted by Crippen LogP contribution is -2.38. The summed E-state index contributed by atoms with van der Waals surface area (Å²) in [4.78, 5) is 25.1. The van der Waals surface area contributed by atoms with E-state index in [-0.39, 0.29) is 29.8 Å². The first-order chi connectivity index (χ1) is 13.6. The molecule has 1 saturated heterocycles. The van der Waals surface area contributed by atoms with Crippen LogP contribution in [0.5, 0.6) is 11.5 Å². The van der Waals surface area contributed by atoms with Crippen LogP contribution in [0, 0.1) is 11.8 Å². The van der Waals surface area contributed by atoms with Gasteiger partial charge in [-0.2, -0.15) is 0 Å². The van der Waals surface area contributed by atoms with E-state index < -0.39 is 0 Å². The number of benzene rings is 1. The summed E-state index contributed by atoms with van der Waals surface area (Å²) in [6.07, 6.45) is 5.10. The largest absolute Gasteiger partial charge is 0.497 e. The number of nitrogens with one attached hydrogen (secondary N) is 2. The zero-order chi connectivity index (χ0) is 19.9. The molecule has 0 bridgehead atoms. The van der Waals surface area contributed by atoms with Crippen LogP contribution in [-0.2, 0) is 14.3 Å². The number of carbonyl (C=O) groups is 2. The second kappa shape index (κ2) is 9.78. The second-order valence-corrected chi connectivity index (χ2v) is 7.48. The number of hydrogen-bond donors (Lipinski definition) is 2. The van der Waals surface area contributed by atoms with Gasteiger partial charge in [0.05, 0.1) is 26.0 Å². The third-order valence-corrected chi connectivity index (χ3v) is 5.66. The highest BCUT2D eigenvalue weighted by atomic mass is 16.5. The number of carbonyl (C=O) groups excluding carboxylic acids is 2. The lowest BCUT2D eigenvalue weighted by atomic mass is 9.81. The number of hydrogen-bond acceptors (Lipinski definition) is 5. The molecule has 1 aromatic carbocycles. The van der Waals surface area contributed by atoms with E-state index in [2.05, 4.69) is 10.6 Å². The Kier molecular flexibility index (Phi) is 7.14. The van der Waals surface area contributed by atoms with Crippen molar-refractivity contribution in [3.05, 3.63) is 18.2 Å². The van der Waals surface area contributed by atoms with Gasteiger partial charge in [-0.1, -0.05) is 0 Å². The van der Waals surface area contributed by atoms with Crippen molar-refractivity contribution in [2.45, 2.75) is 44.6 Å². The van der Waals surface area contributed by atoms with Crippen LogP contribution in [-0.4, -0.2) is 45.3 Å². The fourth-order valence-electron chi connectivity index (χ4n) is 3.93.